The highest BCUT2D eigenvalue weighted by Gasteiger charge is 2.21. The molecule has 0 spiro atoms. The highest BCUT2D eigenvalue weighted by Crippen LogP contribution is 2.21. The normalized spacial score (nSPS) is 15.3. The maximum absolute atomic E-state index is 4.74. The van der Waals surface area contributed by atoms with Crippen molar-refractivity contribution in [3.63, 3.8) is 0 Å². The fourth-order valence-corrected chi connectivity index (χ4v) is 3.19. The van der Waals surface area contributed by atoms with E-state index >= 15 is 0 Å². The summed E-state index contributed by atoms with van der Waals surface area (Å²) in [7, 11) is 3.98. The van der Waals surface area contributed by atoms with Gasteiger partial charge in [0.25, 0.3) is 0 Å². The van der Waals surface area contributed by atoms with Gasteiger partial charge in [0.05, 0.1) is 5.69 Å². The Balaban J connectivity index is 1.51. The molecule has 1 aliphatic heterocycles. The third-order valence-corrected chi connectivity index (χ3v) is 4.77. The molecule has 2 aromatic rings. The molecular weight excluding hydrogens is 326 g/mol. The van der Waals surface area contributed by atoms with Crippen LogP contribution in [0, 0.1) is 0 Å². The van der Waals surface area contributed by atoms with Gasteiger partial charge in [0.2, 0.25) is 5.95 Å². The number of nitrogens with one attached hydrogen (secondary N) is 1. The van der Waals surface area contributed by atoms with Crippen LogP contribution >= 0.6 is 0 Å². The highest BCUT2D eigenvalue weighted by molar-refractivity contribution is 5.46. The second kappa shape index (κ2) is 8.89. The number of piperidine rings is 1. The molecule has 140 valence electrons. The van der Waals surface area contributed by atoms with Gasteiger partial charge in [-0.3, -0.25) is 9.97 Å². The quantitative estimate of drug-likeness (QED) is 0.810. The summed E-state index contributed by atoms with van der Waals surface area (Å²) in [5.41, 5.74) is 2.14. The van der Waals surface area contributed by atoms with E-state index in [-0.39, 0.29) is 0 Å². The van der Waals surface area contributed by atoms with Crippen molar-refractivity contribution in [1.82, 2.24) is 25.3 Å². The van der Waals surface area contributed by atoms with Crippen molar-refractivity contribution in [2.45, 2.75) is 38.6 Å². The fraction of sp³-hybridized carbons (Fsp3) is 0.579. The number of hydrogen-bond donors (Lipinski definition) is 1. The molecule has 0 saturated carbocycles. The van der Waals surface area contributed by atoms with Gasteiger partial charge in [-0.2, -0.15) is 4.98 Å². The van der Waals surface area contributed by atoms with Crippen LogP contribution in [-0.2, 0) is 12.8 Å². The molecule has 0 aliphatic carbocycles. The first-order chi connectivity index (χ1) is 12.7. The summed E-state index contributed by atoms with van der Waals surface area (Å²) in [6, 6.07) is 2.69. The standard InChI is InChI=1S/C19H29N7/c1-4-15-13-18(24-19(23-15)25(2)3)26-11-6-16(7-12-26)21-8-5-17-14-20-9-10-22-17/h9-10,13-14,16,21H,4-8,11-12H2,1-3H3. The maximum atomic E-state index is 4.74. The predicted molar refractivity (Wildman–Crippen MR) is 105 cm³/mol. The van der Waals surface area contributed by atoms with E-state index in [1.807, 2.05) is 25.2 Å². The second-order valence-electron chi connectivity index (χ2n) is 6.93. The topological polar surface area (TPSA) is 70.1 Å². The number of nitrogens with zero attached hydrogens (tertiary/aromatic N) is 6. The van der Waals surface area contributed by atoms with E-state index in [0.29, 0.717) is 6.04 Å². The van der Waals surface area contributed by atoms with Gasteiger partial charge in [0.15, 0.2) is 0 Å². The number of rotatable bonds is 7. The molecule has 0 bridgehead atoms. The lowest BCUT2D eigenvalue weighted by Crippen LogP contribution is -2.43. The van der Waals surface area contributed by atoms with Crippen LogP contribution in [-0.4, -0.2) is 59.7 Å². The molecule has 0 radical (unpaired) electrons. The lowest BCUT2D eigenvalue weighted by atomic mass is 10.0. The van der Waals surface area contributed by atoms with Gasteiger partial charge in [0, 0.05) is 76.5 Å². The lowest BCUT2D eigenvalue weighted by Gasteiger charge is -2.33. The van der Waals surface area contributed by atoms with Crippen LogP contribution in [0.3, 0.4) is 0 Å². The molecule has 3 rings (SSSR count). The summed E-state index contributed by atoms with van der Waals surface area (Å²) in [6.45, 7) is 5.13. The Kier molecular flexibility index (Phi) is 6.33. The van der Waals surface area contributed by atoms with Crippen LogP contribution in [0.5, 0.6) is 0 Å². The third-order valence-electron chi connectivity index (χ3n) is 4.77. The van der Waals surface area contributed by atoms with E-state index in [1.165, 1.54) is 0 Å². The van der Waals surface area contributed by atoms with Crippen molar-refractivity contribution in [1.29, 1.82) is 0 Å². The molecule has 7 nitrogen and oxygen atoms in total. The summed E-state index contributed by atoms with van der Waals surface area (Å²) in [4.78, 5) is 22.1. The molecule has 0 atom stereocenters. The molecule has 1 fully saturated rings. The molecule has 1 saturated heterocycles. The van der Waals surface area contributed by atoms with Crippen molar-refractivity contribution in [2.75, 3.05) is 43.5 Å². The van der Waals surface area contributed by atoms with Crippen molar-refractivity contribution in [2.24, 2.45) is 0 Å². The number of anilines is 2. The van der Waals surface area contributed by atoms with Crippen LogP contribution in [0.4, 0.5) is 11.8 Å². The van der Waals surface area contributed by atoms with Crippen LogP contribution < -0.4 is 15.1 Å². The molecule has 26 heavy (non-hydrogen) atoms. The van der Waals surface area contributed by atoms with E-state index < -0.39 is 0 Å². The molecule has 1 N–H and O–H groups in total. The van der Waals surface area contributed by atoms with E-state index in [0.717, 1.165) is 68.5 Å². The zero-order valence-corrected chi connectivity index (χ0v) is 16.0. The van der Waals surface area contributed by atoms with Crippen molar-refractivity contribution >= 4 is 11.8 Å². The van der Waals surface area contributed by atoms with Crippen LogP contribution in [0.1, 0.15) is 31.2 Å². The van der Waals surface area contributed by atoms with Crippen molar-refractivity contribution in [3.05, 3.63) is 36.0 Å². The van der Waals surface area contributed by atoms with Gasteiger partial charge in [-0.05, 0) is 19.3 Å². The second-order valence-corrected chi connectivity index (χ2v) is 6.93. The zero-order chi connectivity index (χ0) is 18.4. The Bertz CT molecular complexity index is 682. The smallest absolute Gasteiger partial charge is 0.227 e. The maximum Gasteiger partial charge on any atom is 0.227 e. The Morgan fingerprint density at radius 2 is 1.96 bits per heavy atom. The predicted octanol–water partition coefficient (Wildman–Crippen LogP) is 1.70. The van der Waals surface area contributed by atoms with Crippen molar-refractivity contribution in [3.8, 4) is 0 Å². The van der Waals surface area contributed by atoms with Crippen LogP contribution in [0.2, 0.25) is 0 Å². The SMILES string of the molecule is CCc1cc(N2CCC(NCCc3cnccn3)CC2)nc(N(C)C)n1. The van der Waals surface area contributed by atoms with Crippen LogP contribution in [0.15, 0.2) is 24.7 Å². The first-order valence-corrected chi connectivity index (χ1v) is 9.44. The van der Waals surface area contributed by atoms with Gasteiger partial charge in [-0.1, -0.05) is 6.92 Å². The summed E-state index contributed by atoms with van der Waals surface area (Å²) in [5.74, 6) is 1.85. The van der Waals surface area contributed by atoms with Crippen molar-refractivity contribution < 1.29 is 0 Å². The first-order valence-electron chi connectivity index (χ1n) is 9.44. The van der Waals surface area contributed by atoms with Gasteiger partial charge >= 0.3 is 0 Å². The Hall–Kier alpha value is -2.28. The summed E-state index contributed by atoms with van der Waals surface area (Å²) in [6.07, 6.45) is 9.41. The molecule has 0 aromatic carbocycles. The summed E-state index contributed by atoms with van der Waals surface area (Å²) < 4.78 is 0. The lowest BCUT2D eigenvalue weighted by molar-refractivity contribution is 0.415. The fourth-order valence-electron chi connectivity index (χ4n) is 3.19. The van der Waals surface area contributed by atoms with E-state index in [1.54, 1.807) is 12.4 Å². The molecule has 0 amide bonds. The van der Waals surface area contributed by atoms with Gasteiger partial charge < -0.3 is 15.1 Å². The molecule has 3 heterocycles. The number of aryl methyl sites for hydroxylation is 1. The largest absolute Gasteiger partial charge is 0.356 e. The average molecular weight is 355 g/mol. The first kappa shape index (κ1) is 18.5. The summed E-state index contributed by atoms with van der Waals surface area (Å²) in [5, 5.41) is 3.66. The summed E-state index contributed by atoms with van der Waals surface area (Å²) >= 11 is 0. The van der Waals surface area contributed by atoms with E-state index in [9.17, 15) is 0 Å². The molecule has 7 heteroatoms. The number of aromatic nitrogens is 4. The Morgan fingerprint density at radius 3 is 2.62 bits per heavy atom. The van der Waals surface area contributed by atoms with E-state index in [2.05, 4.69) is 38.2 Å². The average Bonchev–Trinajstić information content (AvgIpc) is 2.69. The Morgan fingerprint density at radius 1 is 1.15 bits per heavy atom. The minimum atomic E-state index is 0.559. The van der Waals surface area contributed by atoms with Gasteiger partial charge in [-0.25, -0.2) is 4.98 Å². The van der Waals surface area contributed by atoms with E-state index in [4.69, 9.17) is 4.98 Å². The molecule has 1 aliphatic rings. The third kappa shape index (κ3) is 4.88. The minimum absolute atomic E-state index is 0.559. The van der Waals surface area contributed by atoms with Crippen LogP contribution in [0.25, 0.3) is 0 Å². The minimum Gasteiger partial charge on any atom is -0.356 e. The number of hydrogen-bond acceptors (Lipinski definition) is 7. The zero-order valence-electron chi connectivity index (χ0n) is 16.0. The van der Waals surface area contributed by atoms with Gasteiger partial charge in [-0.15, -0.1) is 0 Å². The molecular formula is C19H29N7. The highest BCUT2D eigenvalue weighted by atomic mass is 15.3. The molecule has 0 unspecified atom stereocenters. The monoisotopic (exact) mass is 355 g/mol. The Labute approximate surface area is 155 Å². The van der Waals surface area contributed by atoms with Gasteiger partial charge in [0.1, 0.15) is 5.82 Å². The molecule has 2 aromatic heterocycles.